The maximum absolute atomic E-state index is 14.7. The summed E-state index contributed by atoms with van der Waals surface area (Å²) in [6, 6.07) is 22.0. The van der Waals surface area contributed by atoms with Crippen molar-refractivity contribution in [3.63, 3.8) is 0 Å². The van der Waals surface area contributed by atoms with Crippen LogP contribution in [0.5, 0.6) is 0 Å². The number of benzene rings is 3. The third kappa shape index (κ3) is 14.9. The predicted molar refractivity (Wildman–Crippen MR) is 195 cm³/mol. The third-order valence-corrected chi connectivity index (χ3v) is 9.33. The zero-order valence-corrected chi connectivity index (χ0v) is 33.6. The molecule has 0 heterocycles. The standard InChI is InChI=1S/C21H24F2O8.C15H19ClF2O11S/c22-20(23,13-24)21(27,31-15-29-12-17-9-5-2-6-10-17)18(25)19(26)30-14-28-11-16-7-3-1-4-8-16;1-25-7-27-12(20)11(19)15(22,28-8-26-2)14(17,18)13(21)29-30(23,24)10-6-4-3-5-9(10)16/h1-10,13,18-19,25-27H,11-12,14-15H2;3-6,11-12,19-20,22H,7-8H2,1-2H3/t18-,19?,21-;11-,12?,15-/m11/s1. The largest absolute Gasteiger partial charge is 0.399 e. The van der Waals surface area contributed by atoms with Crippen molar-refractivity contribution >= 4 is 34.0 Å². The molecule has 0 aliphatic heterocycles. The molecule has 3 rings (SSSR count). The Morgan fingerprint density at radius 1 is 0.689 bits per heavy atom. The molecule has 61 heavy (non-hydrogen) atoms. The van der Waals surface area contributed by atoms with Crippen LogP contribution in [0.15, 0.2) is 89.8 Å². The number of methoxy groups -OCH3 is 2. The van der Waals surface area contributed by atoms with Gasteiger partial charge in [-0.15, -0.1) is 0 Å². The van der Waals surface area contributed by atoms with Gasteiger partial charge in [-0.2, -0.15) is 26.0 Å². The number of rotatable bonds is 26. The summed E-state index contributed by atoms with van der Waals surface area (Å²) in [5, 5.41) is 59.4. The Bertz CT molecular complexity index is 1870. The highest BCUT2D eigenvalue weighted by molar-refractivity contribution is 7.87. The molecule has 2 unspecified atom stereocenters. The quantitative estimate of drug-likeness (QED) is 0.0218. The van der Waals surface area contributed by atoms with Crippen molar-refractivity contribution in [1.82, 2.24) is 0 Å². The summed E-state index contributed by atoms with van der Waals surface area (Å²) in [6.45, 7) is -3.31. The summed E-state index contributed by atoms with van der Waals surface area (Å²) >= 11 is 5.66. The smallest absolute Gasteiger partial charge is 0.382 e. The van der Waals surface area contributed by atoms with E-state index in [4.69, 9.17) is 25.8 Å². The van der Waals surface area contributed by atoms with E-state index in [1.807, 2.05) is 0 Å². The lowest BCUT2D eigenvalue weighted by atomic mass is 10.0. The minimum Gasteiger partial charge on any atom is -0.382 e. The van der Waals surface area contributed by atoms with Crippen LogP contribution in [0.3, 0.4) is 0 Å². The first-order valence-corrected chi connectivity index (χ1v) is 18.8. The summed E-state index contributed by atoms with van der Waals surface area (Å²) in [5.74, 6) is -20.8. The molecule has 342 valence electrons. The van der Waals surface area contributed by atoms with Crippen molar-refractivity contribution in [3.8, 4) is 0 Å². The summed E-state index contributed by atoms with van der Waals surface area (Å²) in [5.41, 5.74) is 1.47. The first-order valence-electron chi connectivity index (χ1n) is 17.0. The van der Waals surface area contributed by atoms with Crippen LogP contribution in [0.1, 0.15) is 11.1 Å². The maximum atomic E-state index is 14.7. The van der Waals surface area contributed by atoms with E-state index >= 15 is 0 Å². The Labute approximate surface area is 350 Å². The Morgan fingerprint density at radius 3 is 1.62 bits per heavy atom. The second-order valence-electron chi connectivity index (χ2n) is 12.0. The lowest BCUT2D eigenvalue weighted by molar-refractivity contribution is -0.386. The van der Waals surface area contributed by atoms with Gasteiger partial charge in [-0.25, -0.2) is 4.79 Å². The molecule has 0 spiro atoms. The third-order valence-electron chi connectivity index (χ3n) is 7.63. The highest BCUT2D eigenvalue weighted by Crippen LogP contribution is 2.37. The molecule has 6 N–H and O–H groups in total. The van der Waals surface area contributed by atoms with E-state index in [1.54, 1.807) is 60.7 Å². The van der Waals surface area contributed by atoms with E-state index in [-0.39, 0.29) is 13.2 Å². The molecule has 6 atom stereocenters. The SMILES string of the molecule is COCOC(O)[C@@H](O)[C@@](O)(OCOC)C(F)(F)C(=O)OS(=O)(=O)c1ccccc1Cl.O=CC(F)(F)[C@](O)(OCOCc1ccccc1)[C@H](O)C(O)OCOCc1ccccc1. The van der Waals surface area contributed by atoms with Crippen LogP contribution in [0.4, 0.5) is 17.6 Å². The van der Waals surface area contributed by atoms with Crippen LogP contribution < -0.4 is 0 Å². The zero-order chi connectivity index (χ0) is 45.9. The van der Waals surface area contributed by atoms with Crippen molar-refractivity contribution < 1.29 is 108 Å². The molecule has 0 bridgehead atoms. The van der Waals surface area contributed by atoms with Gasteiger partial charge in [0.15, 0.2) is 37.9 Å². The van der Waals surface area contributed by atoms with Crippen LogP contribution in [0.25, 0.3) is 0 Å². The van der Waals surface area contributed by atoms with Gasteiger partial charge < -0.3 is 72.7 Å². The molecular weight excluding hydrogens is 880 g/mol. The average Bonchev–Trinajstić information content (AvgIpc) is 3.24. The first-order chi connectivity index (χ1) is 28.6. The fourth-order valence-corrected chi connectivity index (χ4v) is 5.75. The molecule has 0 radical (unpaired) electrons. The fraction of sp³-hybridized carbons (Fsp3) is 0.444. The number of hydrogen-bond acceptors (Lipinski definition) is 19. The Balaban J connectivity index is 0.000000420. The van der Waals surface area contributed by atoms with Gasteiger partial charge >= 0.3 is 27.9 Å². The van der Waals surface area contributed by atoms with Gasteiger partial charge in [0, 0.05) is 14.2 Å². The molecule has 0 saturated carbocycles. The number of aliphatic hydroxyl groups excluding tert-OH is 4. The highest BCUT2D eigenvalue weighted by Gasteiger charge is 2.68. The van der Waals surface area contributed by atoms with Crippen LogP contribution in [-0.2, 0) is 75.0 Å². The van der Waals surface area contributed by atoms with Crippen LogP contribution in [-0.4, -0.2) is 141 Å². The second kappa shape index (κ2) is 24.7. The molecule has 3 aromatic carbocycles. The monoisotopic (exact) mass is 922 g/mol. The molecular formula is C36H43ClF4O19S. The van der Waals surface area contributed by atoms with Gasteiger partial charge in [-0.1, -0.05) is 84.4 Å². The highest BCUT2D eigenvalue weighted by atomic mass is 35.5. The summed E-state index contributed by atoms with van der Waals surface area (Å²) < 4.78 is 123. The van der Waals surface area contributed by atoms with Gasteiger partial charge in [0.25, 0.3) is 11.6 Å². The topological polar surface area (TPSA) is 273 Å². The number of carbonyl (C=O) groups is 2. The van der Waals surface area contributed by atoms with E-state index in [0.717, 1.165) is 31.9 Å². The molecule has 19 nitrogen and oxygen atoms in total. The van der Waals surface area contributed by atoms with Crippen molar-refractivity contribution in [3.05, 3.63) is 101 Å². The molecule has 0 aromatic heterocycles. The lowest BCUT2D eigenvalue weighted by Gasteiger charge is -2.38. The maximum Gasteiger partial charge on any atom is 0.399 e. The van der Waals surface area contributed by atoms with Crippen LogP contribution in [0, 0.1) is 0 Å². The number of aliphatic hydroxyl groups is 6. The number of ether oxygens (including phenoxy) is 8. The van der Waals surface area contributed by atoms with E-state index in [0.29, 0.717) is 5.56 Å². The Hall–Kier alpha value is -3.80. The minimum absolute atomic E-state index is 0.0495. The summed E-state index contributed by atoms with van der Waals surface area (Å²) in [4.78, 5) is 21.9. The van der Waals surface area contributed by atoms with Crippen molar-refractivity contribution in [2.75, 3.05) is 41.4 Å². The molecule has 0 aliphatic rings. The molecule has 0 amide bonds. The van der Waals surface area contributed by atoms with Gasteiger partial charge in [-0.05, 0) is 23.3 Å². The van der Waals surface area contributed by atoms with E-state index in [2.05, 4.69) is 27.9 Å². The van der Waals surface area contributed by atoms with Gasteiger partial charge in [0.1, 0.15) is 25.3 Å². The molecule has 0 aliphatic carbocycles. The van der Waals surface area contributed by atoms with Gasteiger partial charge in [0.2, 0.25) is 0 Å². The molecule has 0 saturated heterocycles. The second-order valence-corrected chi connectivity index (χ2v) is 13.9. The van der Waals surface area contributed by atoms with Crippen molar-refractivity contribution in [2.24, 2.45) is 0 Å². The van der Waals surface area contributed by atoms with Crippen LogP contribution >= 0.6 is 11.6 Å². The Morgan fingerprint density at radius 2 is 1.13 bits per heavy atom. The summed E-state index contributed by atoms with van der Waals surface area (Å²) in [7, 11) is -3.13. The van der Waals surface area contributed by atoms with E-state index < -0.39 is 108 Å². The molecule has 3 aromatic rings. The van der Waals surface area contributed by atoms with E-state index in [9.17, 15) is 66.2 Å². The van der Waals surface area contributed by atoms with Crippen molar-refractivity contribution in [1.29, 1.82) is 0 Å². The summed E-state index contributed by atoms with van der Waals surface area (Å²) in [6.07, 6.45) is -11.6. The van der Waals surface area contributed by atoms with E-state index in [1.165, 1.54) is 12.1 Å². The van der Waals surface area contributed by atoms with Gasteiger partial charge in [-0.3, -0.25) is 4.79 Å². The van der Waals surface area contributed by atoms with Gasteiger partial charge in [0.05, 0.1) is 18.2 Å². The number of aldehydes is 1. The number of carbonyl (C=O) groups excluding carboxylic acids is 2. The number of alkyl halides is 4. The lowest BCUT2D eigenvalue weighted by Crippen LogP contribution is -2.66. The van der Waals surface area contributed by atoms with Crippen LogP contribution in [0.2, 0.25) is 5.02 Å². The van der Waals surface area contributed by atoms with Crippen molar-refractivity contribution in [2.45, 2.75) is 66.3 Å². The number of hydrogen-bond donors (Lipinski definition) is 6. The minimum atomic E-state index is -5.27. The average molecular weight is 923 g/mol. The predicted octanol–water partition coefficient (Wildman–Crippen LogP) is 1.39. The fourth-order valence-electron chi connectivity index (χ4n) is 4.39. The number of halogens is 5. The molecule has 0 fully saturated rings. The first kappa shape index (κ1) is 53.3. The molecule has 25 heteroatoms. The normalized spacial score (nSPS) is 16.1. The Kier molecular flexibility index (Phi) is 21.6. The zero-order valence-electron chi connectivity index (χ0n) is 32.0.